The number of fused-ring (bicyclic) bond motifs is 1. The van der Waals surface area contributed by atoms with Crippen molar-refractivity contribution >= 4 is 18.3 Å². The lowest BCUT2D eigenvalue weighted by Crippen LogP contribution is -2.41. The number of nitrogens with one attached hydrogen (secondary N) is 1. The van der Waals surface area contributed by atoms with Crippen molar-refractivity contribution in [1.82, 2.24) is 5.32 Å². The normalized spacial score (nSPS) is 27.4. The molecule has 1 fully saturated rings. The van der Waals surface area contributed by atoms with Gasteiger partial charge in [0.2, 0.25) is 5.91 Å². The van der Waals surface area contributed by atoms with E-state index in [0.717, 1.165) is 32.1 Å². The summed E-state index contributed by atoms with van der Waals surface area (Å²) in [5.74, 6) is 0.0946. The molecule has 0 bridgehead atoms. The average Bonchev–Trinajstić information content (AvgIpc) is 2.50. The number of carbonyl (C=O) groups excluding carboxylic acids is 1. The molecule has 0 radical (unpaired) electrons. The maximum absolute atomic E-state index is 12.2. The van der Waals surface area contributed by atoms with Gasteiger partial charge in [0.25, 0.3) is 0 Å². The maximum atomic E-state index is 12.2. The molecule has 22 heavy (non-hydrogen) atoms. The molecule has 5 heteroatoms. The first-order chi connectivity index (χ1) is 10.2. The Morgan fingerprint density at radius 1 is 1.23 bits per heavy atom. The summed E-state index contributed by atoms with van der Waals surface area (Å²) in [5.41, 5.74) is 8.38. The summed E-state index contributed by atoms with van der Waals surface area (Å²) in [7, 11) is 0. The third-order valence-electron chi connectivity index (χ3n) is 4.60. The Hall–Kier alpha value is -1.10. The van der Waals surface area contributed by atoms with Crippen molar-refractivity contribution in [3.63, 3.8) is 0 Å². The van der Waals surface area contributed by atoms with Gasteiger partial charge < -0.3 is 15.8 Å². The lowest BCUT2D eigenvalue weighted by atomic mass is 9.91. The molecule has 1 aliphatic heterocycles. The van der Waals surface area contributed by atoms with Crippen molar-refractivity contribution in [1.29, 1.82) is 0 Å². The van der Waals surface area contributed by atoms with Gasteiger partial charge in [-0.15, -0.1) is 12.4 Å². The van der Waals surface area contributed by atoms with Crippen molar-refractivity contribution in [3.05, 3.63) is 35.4 Å². The van der Waals surface area contributed by atoms with Crippen molar-refractivity contribution in [2.45, 2.75) is 56.7 Å². The van der Waals surface area contributed by atoms with Crippen molar-refractivity contribution in [2.24, 2.45) is 5.73 Å². The summed E-state index contributed by atoms with van der Waals surface area (Å²) in [4.78, 5) is 12.2. The predicted molar refractivity (Wildman–Crippen MR) is 89.1 cm³/mol. The van der Waals surface area contributed by atoms with Crippen LogP contribution in [0, 0.1) is 0 Å². The highest BCUT2D eigenvalue weighted by Gasteiger charge is 2.25. The maximum Gasteiger partial charge on any atom is 0.223 e. The SMILES string of the molecule is Cl.NC1CCC(NC(=O)CC2OCCc3ccccc32)CC1. The summed E-state index contributed by atoms with van der Waals surface area (Å²) in [5, 5.41) is 3.14. The first kappa shape index (κ1) is 17.3. The van der Waals surface area contributed by atoms with Crippen LogP contribution in [0.3, 0.4) is 0 Å². The Bertz CT molecular complexity index is 501. The first-order valence-corrected chi connectivity index (χ1v) is 7.96. The minimum Gasteiger partial charge on any atom is -0.373 e. The van der Waals surface area contributed by atoms with Gasteiger partial charge in [-0.3, -0.25) is 4.79 Å². The Labute approximate surface area is 138 Å². The van der Waals surface area contributed by atoms with Crippen LogP contribution in [0.4, 0.5) is 0 Å². The predicted octanol–water partition coefficient (Wildman–Crippen LogP) is 2.50. The molecule has 1 aliphatic carbocycles. The molecule has 1 atom stereocenters. The molecule has 0 aromatic heterocycles. The fourth-order valence-corrected chi connectivity index (χ4v) is 3.36. The van der Waals surface area contributed by atoms with Gasteiger partial charge in [-0.05, 0) is 43.2 Å². The van der Waals surface area contributed by atoms with E-state index in [1.165, 1.54) is 11.1 Å². The van der Waals surface area contributed by atoms with Crippen molar-refractivity contribution in [3.8, 4) is 0 Å². The van der Waals surface area contributed by atoms with E-state index < -0.39 is 0 Å². The molecule has 0 spiro atoms. The lowest BCUT2D eigenvalue weighted by Gasteiger charge is -2.29. The summed E-state index contributed by atoms with van der Waals surface area (Å²) in [6.45, 7) is 0.702. The van der Waals surface area contributed by atoms with E-state index in [0.29, 0.717) is 19.1 Å². The van der Waals surface area contributed by atoms with Crippen LogP contribution in [-0.2, 0) is 16.0 Å². The third-order valence-corrected chi connectivity index (χ3v) is 4.60. The molecule has 1 unspecified atom stereocenters. The second kappa shape index (κ2) is 7.95. The van der Waals surface area contributed by atoms with E-state index in [9.17, 15) is 4.79 Å². The summed E-state index contributed by atoms with van der Waals surface area (Å²) >= 11 is 0. The molecule has 0 saturated heterocycles. The molecule has 4 nitrogen and oxygen atoms in total. The number of nitrogens with two attached hydrogens (primary N) is 1. The minimum atomic E-state index is -0.0965. The Balaban J connectivity index is 0.00000176. The zero-order valence-electron chi connectivity index (χ0n) is 12.8. The van der Waals surface area contributed by atoms with Gasteiger partial charge >= 0.3 is 0 Å². The number of halogens is 1. The van der Waals surface area contributed by atoms with Gasteiger partial charge in [0.05, 0.1) is 19.1 Å². The van der Waals surface area contributed by atoms with Crippen molar-refractivity contribution in [2.75, 3.05) is 6.61 Å². The van der Waals surface area contributed by atoms with Crippen LogP contribution in [0.15, 0.2) is 24.3 Å². The van der Waals surface area contributed by atoms with Crippen LogP contribution in [-0.4, -0.2) is 24.6 Å². The van der Waals surface area contributed by atoms with Gasteiger partial charge in [-0.25, -0.2) is 0 Å². The second-order valence-corrected chi connectivity index (χ2v) is 6.19. The van der Waals surface area contributed by atoms with E-state index in [-0.39, 0.29) is 30.5 Å². The summed E-state index contributed by atoms with van der Waals surface area (Å²) in [6, 6.07) is 8.87. The molecule has 3 rings (SSSR count). The van der Waals surface area contributed by atoms with Crippen LogP contribution in [0.1, 0.15) is 49.3 Å². The number of carbonyl (C=O) groups is 1. The largest absolute Gasteiger partial charge is 0.373 e. The molecule has 1 saturated carbocycles. The molecular weight excluding hydrogens is 300 g/mol. The topological polar surface area (TPSA) is 64.3 Å². The third kappa shape index (κ3) is 4.22. The fourth-order valence-electron chi connectivity index (χ4n) is 3.36. The second-order valence-electron chi connectivity index (χ2n) is 6.19. The van der Waals surface area contributed by atoms with Crippen LogP contribution >= 0.6 is 12.4 Å². The van der Waals surface area contributed by atoms with Crippen LogP contribution < -0.4 is 11.1 Å². The molecule has 1 aromatic carbocycles. The smallest absolute Gasteiger partial charge is 0.223 e. The number of hydrogen-bond donors (Lipinski definition) is 2. The molecule has 1 amide bonds. The van der Waals surface area contributed by atoms with E-state index in [1.807, 2.05) is 12.1 Å². The Kier molecular flexibility index (Phi) is 6.24. The Morgan fingerprint density at radius 2 is 1.95 bits per heavy atom. The number of hydrogen-bond acceptors (Lipinski definition) is 3. The molecule has 1 heterocycles. The summed E-state index contributed by atoms with van der Waals surface area (Å²) in [6.07, 6.45) is 5.26. The highest BCUT2D eigenvalue weighted by Crippen LogP contribution is 2.29. The van der Waals surface area contributed by atoms with E-state index in [4.69, 9.17) is 10.5 Å². The van der Waals surface area contributed by atoms with E-state index in [2.05, 4.69) is 17.4 Å². The van der Waals surface area contributed by atoms with Gasteiger partial charge in [0, 0.05) is 12.1 Å². The zero-order chi connectivity index (χ0) is 14.7. The lowest BCUT2D eigenvalue weighted by molar-refractivity contribution is -0.125. The molecule has 122 valence electrons. The zero-order valence-corrected chi connectivity index (χ0v) is 13.6. The average molecular weight is 325 g/mol. The van der Waals surface area contributed by atoms with Gasteiger partial charge in [0.1, 0.15) is 0 Å². The number of benzene rings is 1. The van der Waals surface area contributed by atoms with Crippen LogP contribution in [0.25, 0.3) is 0 Å². The highest BCUT2D eigenvalue weighted by atomic mass is 35.5. The monoisotopic (exact) mass is 324 g/mol. The van der Waals surface area contributed by atoms with Crippen LogP contribution in [0.5, 0.6) is 0 Å². The molecule has 1 aromatic rings. The highest BCUT2D eigenvalue weighted by molar-refractivity contribution is 5.85. The standard InChI is InChI=1S/C17H24N2O2.ClH/c18-13-5-7-14(8-6-13)19-17(20)11-16-15-4-2-1-3-12(15)9-10-21-16;/h1-4,13-14,16H,5-11,18H2,(H,19,20);1H. The fraction of sp³-hybridized carbons (Fsp3) is 0.588. The minimum absolute atomic E-state index is 0. The molecular formula is C17H25ClN2O2. The van der Waals surface area contributed by atoms with Crippen molar-refractivity contribution < 1.29 is 9.53 Å². The number of amides is 1. The quantitative estimate of drug-likeness (QED) is 0.898. The van der Waals surface area contributed by atoms with Gasteiger partial charge in [-0.1, -0.05) is 24.3 Å². The van der Waals surface area contributed by atoms with Crippen LogP contribution in [0.2, 0.25) is 0 Å². The number of ether oxygens (including phenoxy) is 1. The molecule has 2 aliphatic rings. The first-order valence-electron chi connectivity index (χ1n) is 7.96. The Morgan fingerprint density at radius 3 is 2.73 bits per heavy atom. The van der Waals surface area contributed by atoms with Gasteiger partial charge in [0.15, 0.2) is 0 Å². The summed E-state index contributed by atoms with van der Waals surface area (Å²) < 4.78 is 5.80. The van der Waals surface area contributed by atoms with E-state index >= 15 is 0 Å². The van der Waals surface area contributed by atoms with E-state index in [1.54, 1.807) is 0 Å². The van der Waals surface area contributed by atoms with Gasteiger partial charge in [-0.2, -0.15) is 0 Å². The number of rotatable bonds is 3. The molecule has 3 N–H and O–H groups in total.